The summed E-state index contributed by atoms with van der Waals surface area (Å²) in [6.45, 7) is 7.54. The minimum absolute atomic E-state index is 0.274. The van der Waals surface area contributed by atoms with E-state index in [4.69, 9.17) is 4.74 Å². The molecule has 0 spiro atoms. The first-order chi connectivity index (χ1) is 10.1. The van der Waals surface area contributed by atoms with Crippen molar-refractivity contribution in [2.75, 3.05) is 37.6 Å². The van der Waals surface area contributed by atoms with Crippen LogP contribution in [0.1, 0.15) is 38.8 Å². The molecular weight excluding hydrogens is 280 g/mol. The van der Waals surface area contributed by atoms with E-state index in [1.54, 1.807) is 7.11 Å². The second kappa shape index (κ2) is 9.21. The van der Waals surface area contributed by atoms with Crippen molar-refractivity contribution in [1.29, 1.82) is 0 Å². The number of benzene rings is 1. The van der Waals surface area contributed by atoms with Gasteiger partial charge in [-0.1, -0.05) is 19.9 Å². The maximum absolute atomic E-state index is 5.61. The van der Waals surface area contributed by atoms with Crippen LogP contribution in [0.5, 0.6) is 5.75 Å². The van der Waals surface area contributed by atoms with Gasteiger partial charge in [-0.05, 0) is 38.3 Å². The zero-order valence-corrected chi connectivity index (χ0v) is 15.1. The molecule has 0 aromatic heterocycles. The molecule has 0 aliphatic carbocycles. The van der Waals surface area contributed by atoms with E-state index >= 15 is 0 Å². The molecule has 0 bridgehead atoms. The van der Waals surface area contributed by atoms with E-state index in [1.165, 1.54) is 11.3 Å². The van der Waals surface area contributed by atoms with E-state index in [2.05, 4.69) is 62.5 Å². The summed E-state index contributed by atoms with van der Waals surface area (Å²) < 4.78 is 5.61. The maximum atomic E-state index is 5.61. The molecule has 1 aromatic carbocycles. The Morgan fingerprint density at radius 2 is 2.05 bits per heavy atom. The highest BCUT2D eigenvalue weighted by Crippen LogP contribution is 2.35. The summed E-state index contributed by atoms with van der Waals surface area (Å²) >= 11 is 1.90. The van der Waals surface area contributed by atoms with Crippen molar-refractivity contribution in [2.45, 2.75) is 39.3 Å². The maximum Gasteiger partial charge on any atom is 0.125 e. The van der Waals surface area contributed by atoms with Gasteiger partial charge in [0.1, 0.15) is 5.75 Å². The molecule has 1 N–H and O–H groups in total. The predicted molar refractivity (Wildman–Crippen MR) is 95.9 cm³/mol. The number of nitrogens with zero attached hydrogens (tertiary/aromatic N) is 1. The van der Waals surface area contributed by atoms with E-state index in [0.717, 1.165) is 24.5 Å². The lowest BCUT2D eigenvalue weighted by atomic mass is 10.0. The third kappa shape index (κ3) is 4.55. The normalized spacial score (nSPS) is 13.8. The van der Waals surface area contributed by atoms with Gasteiger partial charge in [0.05, 0.1) is 7.11 Å². The quantitative estimate of drug-likeness (QED) is 0.746. The minimum Gasteiger partial charge on any atom is -0.496 e. The molecule has 0 fully saturated rings. The van der Waals surface area contributed by atoms with Crippen molar-refractivity contribution in [2.24, 2.45) is 0 Å². The summed E-state index contributed by atoms with van der Waals surface area (Å²) in [5.41, 5.74) is 2.52. The third-order valence-corrected chi connectivity index (χ3v) is 4.68. The molecule has 0 amide bonds. The monoisotopic (exact) mass is 310 g/mol. The number of ether oxygens (including phenoxy) is 1. The lowest BCUT2D eigenvalue weighted by Crippen LogP contribution is -2.34. The van der Waals surface area contributed by atoms with Gasteiger partial charge in [-0.3, -0.25) is 0 Å². The van der Waals surface area contributed by atoms with E-state index in [-0.39, 0.29) is 6.04 Å². The zero-order valence-electron chi connectivity index (χ0n) is 14.3. The van der Waals surface area contributed by atoms with E-state index in [1.807, 2.05) is 11.8 Å². The van der Waals surface area contributed by atoms with Gasteiger partial charge in [0.15, 0.2) is 0 Å². The Morgan fingerprint density at radius 3 is 2.57 bits per heavy atom. The number of methoxy groups -OCH3 is 1. The van der Waals surface area contributed by atoms with Crippen molar-refractivity contribution in [1.82, 2.24) is 5.32 Å². The van der Waals surface area contributed by atoms with Crippen LogP contribution in [-0.2, 0) is 0 Å². The van der Waals surface area contributed by atoms with Crippen LogP contribution in [-0.4, -0.2) is 38.8 Å². The highest BCUT2D eigenvalue weighted by molar-refractivity contribution is 7.98. The molecule has 0 saturated heterocycles. The molecule has 2 unspecified atom stereocenters. The summed E-state index contributed by atoms with van der Waals surface area (Å²) in [7, 11) is 3.95. The van der Waals surface area contributed by atoms with Crippen molar-refractivity contribution in [3.05, 3.63) is 23.8 Å². The van der Waals surface area contributed by atoms with Crippen LogP contribution in [0, 0.1) is 0 Å². The van der Waals surface area contributed by atoms with Crippen LogP contribution >= 0.6 is 11.8 Å². The molecule has 4 heteroatoms. The summed E-state index contributed by atoms with van der Waals surface area (Å²) in [4.78, 5) is 2.40. The van der Waals surface area contributed by atoms with Gasteiger partial charge in [-0.2, -0.15) is 11.8 Å². The highest BCUT2D eigenvalue weighted by atomic mass is 32.2. The number of rotatable bonds is 9. The standard InChI is InChI=1S/C17H30N2OS/c1-7-14(12-21-6)19(4)15-10-9-11-16(20-5)17(15)13(3)18-8-2/h9-11,13-14,18H,7-8,12H2,1-6H3. The summed E-state index contributed by atoms with van der Waals surface area (Å²) in [5.74, 6) is 2.10. The zero-order chi connectivity index (χ0) is 15.8. The fourth-order valence-corrected chi connectivity index (χ4v) is 3.60. The Hall–Kier alpha value is -0.870. The van der Waals surface area contributed by atoms with Crippen LogP contribution in [0.2, 0.25) is 0 Å². The predicted octanol–water partition coefficient (Wildman–Crippen LogP) is 3.94. The summed E-state index contributed by atoms with van der Waals surface area (Å²) in [5, 5.41) is 3.51. The number of nitrogens with one attached hydrogen (secondary N) is 1. The fraction of sp³-hybridized carbons (Fsp3) is 0.647. The second-order valence-corrected chi connectivity index (χ2v) is 6.21. The Kier molecular flexibility index (Phi) is 7.97. The summed E-state index contributed by atoms with van der Waals surface area (Å²) in [6.07, 6.45) is 3.31. The lowest BCUT2D eigenvalue weighted by molar-refractivity contribution is 0.402. The minimum atomic E-state index is 0.274. The lowest BCUT2D eigenvalue weighted by Gasteiger charge is -2.32. The average molecular weight is 311 g/mol. The first-order valence-electron chi connectivity index (χ1n) is 7.72. The smallest absolute Gasteiger partial charge is 0.125 e. The van der Waals surface area contributed by atoms with E-state index < -0.39 is 0 Å². The molecule has 21 heavy (non-hydrogen) atoms. The fourth-order valence-electron chi connectivity index (χ4n) is 2.75. The van der Waals surface area contributed by atoms with Gasteiger partial charge in [-0.15, -0.1) is 0 Å². The van der Waals surface area contributed by atoms with Gasteiger partial charge < -0.3 is 15.0 Å². The number of anilines is 1. The van der Waals surface area contributed by atoms with Crippen LogP contribution < -0.4 is 15.0 Å². The van der Waals surface area contributed by atoms with Crippen molar-refractivity contribution in [3.8, 4) is 5.75 Å². The van der Waals surface area contributed by atoms with Gasteiger partial charge >= 0.3 is 0 Å². The number of hydrogen-bond donors (Lipinski definition) is 1. The molecule has 1 aromatic rings. The van der Waals surface area contributed by atoms with Crippen LogP contribution in [0.4, 0.5) is 5.69 Å². The molecule has 120 valence electrons. The van der Waals surface area contributed by atoms with Crippen LogP contribution in [0.15, 0.2) is 18.2 Å². The Balaban J connectivity index is 3.20. The van der Waals surface area contributed by atoms with Gasteiger partial charge in [0.2, 0.25) is 0 Å². The first kappa shape index (κ1) is 18.2. The van der Waals surface area contributed by atoms with Gasteiger partial charge in [-0.25, -0.2) is 0 Å². The molecule has 3 nitrogen and oxygen atoms in total. The third-order valence-electron chi connectivity index (χ3n) is 3.96. The average Bonchev–Trinajstić information content (AvgIpc) is 2.51. The molecule has 0 heterocycles. The Morgan fingerprint density at radius 1 is 1.33 bits per heavy atom. The molecule has 2 atom stereocenters. The molecule has 0 aliphatic heterocycles. The Labute approximate surface area is 134 Å². The SMILES string of the molecule is CCNC(C)c1c(OC)cccc1N(C)C(CC)CSC. The van der Waals surface area contributed by atoms with E-state index in [0.29, 0.717) is 6.04 Å². The van der Waals surface area contributed by atoms with Gasteiger partial charge in [0.25, 0.3) is 0 Å². The second-order valence-electron chi connectivity index (χ2n) is 5.30. The Bertz CT molecular complexity index is 425. The molecule has 0 aliphatic rings. The van der Waals surface area contributed by atoms with E-state index in [9.17, 15) is 0 Å². The van der Waals surface area contributed by atoms with Crippen LogP contribution in [0.3, 0.4) is 0 Å². The number of thioether (sulfide) groups is 1. The molecule has 1 rings (SSSR count). The summed E-state index contributed by atoms with van der Waals surface area (Å²) in [6, 6.07) is 7.15. The van der Waals surface area contributed by atoms with Gasteiger partial charge in [0, 0.05) is 36.1 Å². The largest absolute Gasteiger partial charge is 0.496 e. The van der Waals surface area contributed by atoms with Crippen molar-refractivity contribution < 1.29 is 4.74 Å². The molecule has 0 saturated carbocycles. The van der Waals surface area contributed by atoms with Crippen molar-refractivity contribution in [3.63, 3.8) is 0 Å². The first-order valence-corrected chi connectivity index (χ1v) is 9.12. The topological polar surface area (TPSA) is 24.5 Å². The number of hydrogen-bond acceptors (Lipinski definition) is 4. The van der Waals surface area contributed by atoms with Crippen molar-refractivity contribution >= 4 is 17.4 Å². The molecular formula is C17H30N2OS. The van der Waals surface area contributed by atoms with Crippen LogP contribution in [0.25, 0.3) is 0 Å². The molecule has 0 radical (unpaired) electrons. The highest BCUT2D eigenvalue weighted by Gasteiger charge is 2.21.